The molecule has 0 spiro atoms. The third-order valence-electron chi connectivity index (χ3n) is 5.39. The van der Waals surface area contributed by atoms with Crippen LogP contribution in [-0.4, -0.2) is 78.1 Å². The second-order valence-corrected chi connectivity index (χ2v) is 10.3. The van der Waals surface area contributed by atoms with Crippen LogP contribution in [0.15, 0.2) is 42.5 Å². The average Bonchev–Trinajstić information content (AvgIpc) is 3.01. The molecule has 0 bridgehead atoms. The third kappa shape index (κ3) is 7.27. The van der Waals surface area contributed by atoms with E-state index in [0.717, 1.165) is 5.69 Å². The zero-order chi connectivity index (χ0) is 24.9. The Balaban J connectivity index is 0.000000479. The van der Waals surface area contributed by atoms with Crippen LogP contribution >= 0.6 is 0 Å². The van der Waals surface area contributed by atoms with Gasteiger partial charge in [-0.25, -0.2) is 0 Å². The second-order valence-electron chi connectivity index (χ2n) is 9.26. The van der Waals surface area contributed by atoms with E-state index in [1.54, 1.807) is 13.8 Å². The fraction of sp³-hybridized carbons (Fsp3) is 0.458. The van der Waals surface area contributed by atoms with Crippen molar-refractivity contribution >= 4 is 29.3 Å². The Bertz CT molecular complexity index is 855. The Hall–Kier alpha value is -1.43. The summed E-state index contributed by atoms with van der Waals surface area (Å²) < 4.78 is 1.19. The summed E-state index contributed by atoms with van der Waals surface area (Å²) in [4.78, 5) is 9.40. The molecule has 1 aliphatic heterocycles. The Morgan fingerprint density at radius 2 is 1.45 bits per heavy atom. The molecule has 2 N–H and O–H groups in total. The van der Waals surface area contributed by atoms with Crippen molar-refractivity contribution in [3.05, 3.63) is 59.7 Å². The number of benzene rings is 2. The van der Waals surface area contributed by atoms with E-state index in [0.29, 0.717) is 6.42 Å². The van der Waals surface area contributed by atoms with Gasteiger partial charge in [0.25, 0.3) is 0 Å². The topological polar surface area (TPSA) is 53.4 Å². The van der Waals surface area contributed by atoms with Crippen LogP contribution in [0.25, 0.3) is 0 Å². The summed E-state index contributed by atoms with van der Waals surface area (Å²) in [7, 11) is 8.59. The first-order valence-electron chi connectivity index (χ1n) is 11.3. The summed E-state index contributed by atoms with van der Waals surface area (Å²) in [5, 5.41) is 17.1. The second kappa shape index (κ2) is 12.3. The van der Waals surface area contributed by atoms with Crippen LogP contribution in [0.3, 0.4) is 0 Å². The fourth-order valence-electron chi connectivity index (χ4n) is 4.04. The fourth-order valence-corrected chi connectivity index (χ4v) is 5.21. The van der Waals surface area contributed by atoms with Gasteiger partial charge in [0.05, 0.1) is 12.2 Å². The first-order chi connectivity index (χ1) is 15.4. The average molecular weight is 630 g/mol. The molecular weight excluding hydrogens is 593 g/mol. The summed E-state index contributed by atoms with van der Waals surface area (Å²) in [6, 6.07) is 18.5. The molecule has 0 saturated carbocycles. The molecular formula is C24H37B2N4O2Pt-. The molecule has 0 radical (unpaired) electrons. The molecule has 0 aromatic heterocycles. The molecule has 2 unspecified atom stereocenters. The van der Waals surface area contributed by atoms with Crippen molar-refractivity contribution in [1.29, 1.82) is 0 Å². The summed E-state index contributed by atoms with van der Waals surface area (Å²) in [5.41, 5.74) is 4.84. The van der Waals surface area contributed by atoms with Crippen LogP contribution in [0.2, 0.25) is 0 Å². The predicted molar refractivity (Wildman–Crippen MR) is 138 cm³/mol. The molecule has 1 saturated heterocycles. The molecule has 3 rings (SSSR count). The van der Waals surface area contributed by atoms with Gasteiger partial charge < -0.3 is 10.2 Å². The number of hydrogen-bond donors (Lipinski definition) is 2. The molecule has 1 aliphatic rings. The van der Waals surface area contributed by atoms with E-state index in [1.807, 2.05) is 6.07 Å². The first kappa shape index (κ1) is 27.8. The van der Waals surface area contributed by atoms with Crippen LogP contribution in [0, 0.1) is 19.9 Å². The molecule has 1 heterocycles. The van der Waals surface area contributed by atoms with E-state index < -0.39 is 0 Å². The minimum atomic E-state index is -0.375. The Morgan fingerprint density at radius 1 is 0.909 bits per heavy atom. The van der Waals surface area contributed by atoms with Gasteiger partial charge in [-0.15, -0.1) is 0 Å². The van der Waals surface area contributed by atoms with Crippen LogP contribution in [0.1, 0.15) is 31.4 Å². The van der Waals surface area contributed by atoms with Crippen LogP contribution in [0.4, 0.5) is 11.4 Å². The van der Waals surface area contributed by atoms with Crippen LogP contribution in [0.5, 0.6) is 0 Å². The van der Waals surface area contributed by atoms with Gasteiger partial charge in [-0.05, 0) is 20.3 Å². The van der Waals surface area contributed by atoms with Crippen molar-refractivity contribution in [2.45, 2.75) is 46.3 Å². The quantitative estimate of drug-likeness (QED) is 0.378. The van der Waals surface area contributed by atoms with Crippen molar-refractivity contribution in [2.75, 3.05) is 37.8 Å². The molecule has 1 fully saturated rings. The molecule has 0 aliphatic carbocycles. The van der Waals surface area contributed by atoms with Gasteiger partial charge in [0, 0.05) is 0 Å². The molecule has 2 aromatic rings. The first-order valence-corrected chi connectivity index (χ1v) is 12.4. The standard InChI is InChI=1S/C19H25B2N4.C5H12O2.Pt/c1-16-9-7-11-18(13-16)24-15-25(19-12-8-10-17(2)14-19)21(23(5)6)20(24)22(3)4;1-4(6)3-5(2)7;/h7-11,13-14H,1-6H3;4-7H,3H2,1-2H3;/q-1;;. The van der Waals surface area contributed by atoms with E-state index in [9.17, 15) is 0 Å². The molecule has 33 heavy (non-hydrogen) atoms. The monoisotopic (exact) mass is 630 g/mol. The SMILES string of the molecule is CC(O)CC(C)O.Cc1cc[c-]c(N2B(N(C)C)B(N(C)C)N(c3cccc(C)c3)[C]2=[Pt])c1. The zero-order valence-electron chi connectivity index (χ0n) is 21.1. The summed E-state index contributed by atoms with van der Waals surface area (Å²) >= 11 is 2.46. The molecule has 0 amide bonds. The zero-order valence-corrected chi connectivity index (χ0v) is 23.3. The van der Waals surface area contributed by atoms with E-state index in [4.69, 9.17) is 10.2 Å². The maximum atomic E-state index is 8.56. The Kier molecular flexibility index (Phi) is 10.4. The van der Waals surface area contributed by atoms with Gasteiger partial charge in [0.2, 0.25) is 0 Å². The minimum absolute atomic E-state index is 0.177. The predicted octanol–water partition coefficient (Wildman–Crippen LogP) is 2.38. The van der Waals surface area contributed by atoms with E-state index in [1.165, 1.54) is 21.0 Å². The third-order valence-corrected chi connectivity index (χ3v) is 6.48. The summed E-state index contributed by atoms with van der Waals surface area (Å²) in [5.74, 6) is 0. The van der Waals surface area contributed by atoms with Gasteiger partial charge in [0.15, 0.2) is 0 Å². The number of hydrogen-bond acceptors (Lipinski definition) is 6. The van der Waals surface area contributed by atoms with Crippen LogP contribution in [-0.2, 0) is 19.4 Å². The van der Waals surface area contributed by atoms with Gasteiger partial charge >= 0.3 is 170 Å². The molecule has 182 valence electrons. The summed E-state index contributed by atoms with van der Waals surface area (Å²) in [6.45, 7) is 7.96. The molecule has 9 heteroatoms. The number of aliphatic hydroxyl groups is 2. The van der Waals surface area contributed by atoms with Crippen molar-refractivity contribution in [2.24, 2.45) is 0 Å². The van der Waals surface area contributed by atoms with Crippen molar-refractivity contribution in [3.63, 3.8) is 0 Å². The molecule has 2 aromatic carbocycles. The van der Waals surface area contributed by atoms with Gasteiger partial charge in [-0.1, -0.05) is 0 Å². The van der Waals surface area contributed by atoms with Crippen molar-refractivity contribution in [1.82, 2.24) is 9.62 Å². The number of rotatable bonds is 6. The number of aryl methyl sites for hydroxylation is 2. The van der Waals surface area contributed by atoms with Gasteiger partial charge in [-0.2, -0.15) is 0 Å². The Morgan fingerprint density at radius 3 is 1.91 bits per heavy atom. The van der Waals surface area contributed by atoms with E-state index >= 15 is 0 Å². The number of aliphatic hydroxyl groups excluding tert-OH is 2. The molecule has 2 atom stereocenters. The number of anilines is 2. The maximum absolute atomic E-state index is 8.56. The van der Waals surface area contributed by atoms with E-state index in [2.05, 4.69) is 123 Å². The van der Waals surface area contributed by atoms with Gasteiger partial charge in [-0.3, -0.25) is 0 Å². The normalized spacial score (nSPS) is 15.9. The van der Waals surface area contributed by atoms with Crippen LogP contribution < -0.4 is 9.62 Å². The Labute approximate surface area is 211 Å². The van der Waals surface area contributed by atoms with E-state index in [-0.39, 0.29) is 26.0 Å². The van der Waals surface area contributed by atoms with Crippen molar-refractivity contribution in [3.8, 4) is 0 Å². The number of nitrogens with zero attached hydrogens (tertiary/aromatic N) is 4. The molecule has 6 nitrogen and oxygen atoms in total. The van der Waals surface area contributed by atoms with Gasteiger partial charge in [0.1, 0.15) is 0 Å². The summed E-state index contributed by atoms with van der Waals surface area (Å²) in [6.07, 6.45) is -0.278. The van der Waals surface area contributed by atoms with Crippen molar-refractivity contribution < 1.29 is 29.6 Å².